The highest BCUT2D eigenvalue weighted by Crippen LogP contribution is 2.48. The van der Waals surface area contributed by atoms with E-state index in [-0.39, 0.29) is 11.5 Å². The summed E-state index contributed by atoms with van der Waals surface area (Å²) in [4.78, 5) is 10.7. The molecule has 2 atom stereocenters. The summed E-state index contributed by atoms with van der Waals surface area (Å²) in [6.45, 7) is 5.11. The summed E-state index contributed by atoms with van der Waals surface area (Å²) in [6, 6.07) is 13.7. The molecule has 3 N–H and O–H groups in total. The zero-order valence-electron chi connectivity index (χ0n) is 15.9. The average Bonchev–Trinajstić information content (AvgIpc) is 3.10. The van der Waals surface area contributed by atoms with Crippen molar-refractivity contribution in [2.45, 2.75) is 29.0 Å². The first-order valence-electron chi connectivity index (χ1n) is 9.15. The van der Waals surface area contributed by atoms with E-state index in [0.29, 0.717) is 17.4 Å². The van der Waals surface area contributed by atoms with Gasteiger partial charge in [0, 0.05) is 24.5 Å². The van der Waals surface area contributed by atoms with Gasteiger partial charge in [0.05, 0.1) is 18.2 Å². The number of morpholine rings is 1. The van der Waals surface area contributed by atoms with Gasteiger partial charge in [-0.05, 0) is 24.1 Å². The van der Waals surface area contributed by atoms with Crippen molar-refractivity contribution in [3.63, 3.8) is 0 Å². The lowest BCUT2D eigenvalue weighted by atomic mass is 9.98. The number of thiophene rings is 1. The number of carbonyl (C=O) groups is 1. The lowest BCUT2D eigenvalue weighted by Gasteiger charge is -2.27. The third-order valence-electron chi connectivity index (χ3n) is 5.12. The first kappa shape index (κ1) is 21.6. The second kappa shape index (κ2) is 8.70. The Morgan fingerprint density at radius 3 is 2.41 bits per heavy atom. The third-order valence-corrected chi connectivity index (χ3v) is 8.23. The van der Waals surface area contributed by atoms with Gasteiger partial charge in [-0.25, -0.2) is 17.9 Å². The molecule has 29 heavy (non-hydrogen) atoms. The topological polar surface area (TPSA) is 116 Å². The number of benzene rings is 1. The van der Waals surface area contributed by atoms with Crippen molar-refractivity contribution in [2.24, 2.45) is 0 Å². The number of hydrogen-bond donors (Lipinski definition) is 3. The second-order valence-corrected chi connectivity index (χ2v) is 10.1. The number of nitrogens with zero attached hydrogens (tertiary/aromatic N) is 1. The zero-order chi connectivity index (χ0) is 21.1. The summed E-state index contributed by atoms with van der Waals surface area (Å²) in [5.41, 5.74) is 1.07. The van der Waals surface area contributed by atoms with Crippen LogP contribution in [0.4, 0.5) is 9.80 Å². The number of carboxylic acid groups (broad SMARTS) is 2. The highest BCUT2D eigenvalue weighted by molar-refractivity contribution is 7.91. The maximum absolute atomic E-state index is 12.8. The molecule has 0 spiro atoms. The number of ether oxygens (including phenoxy) is 1. The fraction of sp³-hybridized carbons (Fsp3) is 0.421. The van der Waals surface area contributed by atoms with Gasteiger partial charge in [-0.1, -0.05) is 37.3 Å². The number of sulfonamides is 1. The molecule has 2 aliphatic rings. The van der Waals surface area contributed by atoms with Gasteiger partial charge in [0.1, 0.15) is 4.21 Å². The lowest BCUT2D eigenvalue weighted by Crippen LogP contribution is -2.35. The van der Waals surface area contributed by atoms with Crippen molar-refractivity contribution in [3.8, 4) is 0 Å². The van der Waals surface area contributed by atoms with Gasteiger partial charge < -0.3 is 19.8 Å². The largest absolute Gasteiger partial charge is 0.503 e. The van der Waals surface area contributed by atoms with Crippen molar-refractivity contribution < 1.29 is 28.2 Å². The highest BCUT2D eigenvalue weighted by Gasteiger charge is 2.53. The third kappa shape index (κ3) is 5.27. The summed E-state index contributed by atoms with van der Waals surface area (Å²) in [7, 11) is -3.48. The Bertz CT molecular complexity index is 937. The molecule has 158 valence electrons. The highest BCUT2D eigenvalue weighted by atomic mass is 32.2. The molecule has 4 rings (SSSR count). The molecule has 0 amide bonds. The molecule has 2 aromatic rings. The van der Waals surface area contributed by atoms with Crippen LogP contribution in [0.3, 0.4) is 0 Å². The number of anilines is 1. The normalized spacial score (nSPS) is 23.8. The molecule has 2 heterocycles. The van der Waals surface area contributed by atoms with Gasteiger partial charge in [-0.15, -0.1) is 11.3 Å². The summed E-state index contributed by atoms with van der Waals surface area (Å²) >= 11 is 1.33. The summed E-state index contributed by atoms with van der Waals surface area (Å²) in [5, 5.41) is 14.9. The van der Waals surface area contributed by atoms with Crippen LogP contribution in [0.2, 0.25) is 0 Å². The number of rotatable bonds is 5. The minimum absolute atomic E-state index is 0.0474. The number of nitrogens with one attached hydrogen (secondary N) is 1. The van der Waals surface area contributed by atoms with Gasteiger partial charge in [-0.3, -0.25) is 0 Å². The van der Waals surface area contributed by atoms with E-state index in [0.717, 1.165) is 24.5 Å². The number of hydrogen-bond acceptors (Lipinski definition) is 6. The smallest absolute Gasteiger partial charge is 0.450 e. The standard InChI is InChI=1S/C18H22N2O3S2.CH2O3/c1-18(14-5-3-2-4-6-14)13-15(18)19-25(21,22)17-8-7-16(24-17)20-9-11-23-12-10-20;2-1(3)4/h2-8,15,19H,9-13H2,1H3;(H2,2,3,4)/t15-,18+;/m0./s1. The molecular weight excluding hydrogens is 416 g/mol. The van der Waals surface area contributed by atoms with E-state index in [9.17, 15) is 8.42 Å². The van der Waals surface area contributed by atoms with Crippen LogP contribution in [0.25, 0.3) is 0 Å². The van der Waals surface area contributed by atoms with Crippen LogP contribution in [0, 0.1) is 0 Å². The summed E-state index contributed by atoms with van der Waals surface area (Å²) < 4.78 is 34.1. The Hall–Kier alpha value is -2.14. The van der Waals surface area contributed by atoms with E-state index < -0.39 is 16.2 Å². The molecule has 8 nitrogen and oxygen atoms in total. The predicted molar refractivity (Wildman–Crippen MR) is 111 cm³/mol. The molecule has 1 saturated carbocycles. The average molecular weight is 441 g/mol. The monoisotopic (exact) mass is 440 g/mol. The SMILES string of the molecule is C[C@]1(c2ccccc2)C[C@@H]1NS(=O)(=O)c1ccc(N2CCOCC2)s1.O=C(O)O. The molecule has 1 aliphatic carbocycles. The fourth-order valence-corrected chi connectivity index (χ4v) is 6.04. The second-order valence-electron chi connectivity index (χ2n) is 7.14. The summed E-state index contributed by atoms with van der Waals surface area (Å²) in [6.07, 6.45) is -1.00. The van der Waals surface area contributed by atoms with E-state index in [1.807, 2.05) is 24.3 Å². The van der Waals surface area contributed by atoms with Crippen LogP contribution in [0.5, 0.6) is 0 Å². The molecule has 0 unspecified atom stereocenters. The predicted octanol–water partition coefficient (Wildman–Crippen LogP) is 2.82. The lowest BCUT2D eigenvalue weighted by molar-refractivity contribution is 0.123. The molecular formula is C19H24N2O6S2. The van der Waals surface area contributed by atoms with Crippen LogP contribution >= 0.6 is 11.3 Å². The van der Waals surface area contributed by atoms with E-state index >= 15 is 0 Å². The van der Waals surface area contributed by atoms with E-state index in [2.05, 4.69) is 28.7 Å². The first-order valence-corrected chi connectivity index (χ1v) is 11.4. The van der Waals surface area contributed by atoms with Crippen LogP contribution in [-0.2, 0) is 20.2 Å². The Kier molecular flexibility index (Phi) is 6.47. The van der Waals surface area contributed by atoms with Crippen LogP contribution in [0.15, 0.2) is 46.7 Å². The molecule has 1 aromatic heterocycles. The van der Waals surface area contributed by atoms with Crippen molar-refractivity contribution in [1.82, 2.24) is 4.72 Å². The van der Waals surface area contributed by atoms with Gasteiger partial charge in [0.2, 0.25) is 10.0 Å². The van der Waals surface area contributed by atoms with Gasteiger partial charge >= 0.3 is 6.16 Å². The van der Waals surface area contributed by atoms with E-state index in [4.69, 9.17) is 19.7 Å². The molecule has 1 aliphatic heterocycles. The van der Waals surface area contributed by atoms with Crippen molar-refractivity contribution in [2.75, 3.05) is 31.2 Å². The zero-order valence-corrected chi connectivity index (χ0v) is 17.6. The van der Waals surface area contributed by atoms with Crippen molar-refractivity contribution >= 4 is 32.5 Å². The minimum atomic E-state index is -3.48. The van der Waals surface area contributed by atoms with Gasteiger partial charge in [0.25, 0.3) is 0 Å². The van der Waals surface area contributed by atoms with E-state index in [1.165, 1.54) is 16.9 Å². The van der Waals surface area contributed by atoms with E-state index in [1.54, 1.807) is 6.07 Å². The van der Waals surface area contributed by atoms with Gasteiger partial charge in [0.15, 0.2) is 0 Å². The van der Waals surface area contributed by atoms with Crippen LogP contribution < -0.4 is 9.62 Å². The van der Waals surface area contributed by atoms with Crippen molar-refractivity contribution in [1.29, 1.82) is 0 Å². The van der Waals surface area contributed by atoms with Crippen LogP contribution in [0.1, 0.15) is 18.9 Å². The van der Waals surface area contributed by atoms with Crippen molar-refractivity contribution in [3.05, 3.63) is 48.0 Å². The van der Waals surface area contributed by atoms with Crippen LogP contribution in [-0.4, -0.2) is 57.1 Å². The Balaban J connectivity index is 0.000000552. The Morgan fingerprint density at radius 1 is 1.17 bits per heavy atom. The summed E-state index contributed by atoms with van der Waals surface area (Å²) in [5.74, 6) is 0. The minimum Gasteiger partial charge on any atom is -0.450 e. The first-order chi connectivity index (χ1) is 13.7. The quantitative estimate of drug-likeness (QED) is 0.655. The maximum atomic E-state index is 12.8. The molecule has 2 fully saturated rings. The van der Waals surface area contributed by atoms with Gasteiger partial charge in [-0.2, -0.15) is 0 Å². The molecule has 10 heteroatoms. The Labute approximate surface area is 173 Å². The maximum Gasteiger partial charge on any atom is 0.503 e. The Morgan fingerprint density at radius 2 is 1.79 bits per heavy atom. The molecule has 0 radical (unpaired) electrons. The molecule has 1 saturated heterocycles. The molecule has 1 aromatic carbocycles. The molecule has 0 bridgehead atoms. The fourth-order valence-electron chi connectivity index (χ4n) is 3.33.